The van der Waals surface area contributed by atoms with Gasteiger partial charge >= 0.3 is 5.97 Å². The van der Waals surface area contributed by atoms with Crippen molar-refractivity contribution in [3.63, 3.8) is 0 Å². The van der Waals surface area contributed by atoms with E-state index in [0.29, 0.717) is 56.2 Å². The topological polar surface area (TPSA) is 140 Å². The molecule has 1 aliphatic heterocycles. The van der Waals surface area contributed by atoms with Crippen molar-refractivity contribution in [3.05, 3.63) is 82.0 Å². The summed E-state index contributed by atoms with van der Waals surface area (Å²) in [5, 5.41) is 12.9. The Hall–Kier alpha value is -4.18. The highest BCUT2D eigenvalue weighted by Gasteiger charge is 2.22. The van der Waals surface area contributed by atoms with Gasteiger partial charge in [-0.2, -0.15) is 0 Å². The lowest BCUT2D eigenvalue weighted by Gasteiger charge is -2.31. The van der Waals surface area contributed by atoms with E-state index in [2.05, 4.69) is 10.3 Å². The molecule has 0 saturated carbocycles. The van der Waals surface area contributed by atoms with Crippen molar-refractivity contribution in [3.8, 4) is 5.69 Å². The Kier molecular flexibility index (Phi) is 6.88. The summed E-state index contributed by atoms with van der Waals surface area (Å²) in [6.07, 6.45) is 3.79. The largest absolute Gasteiger partial charge is 0.477 e. The number of amides is 1. The van der Waals surface area contributed by atoms with Crippen LogP contribution in [0.5, 0.6) is 0 Å². The molecule has 0 atom stereocenters. The first-order chi connectivity index (χ1) is 16.5. The minimum absolute atomic E-state index is 0.228. The third-order valence-electron chi connectivity index (χ3n) is 5.60. The van der Waals surface area contributed by atoms with Crippen LogP contribution < -0.4 is 21.5 Å². The minimum atomic E-state index is -1.33. The van der Waals surface area contributed by atoms with Crippen LogP contribution in [0.1, 0.15) is 26.4 Å². The Bertz CT molecular complexity index is 1250. The van der Waals surface area contributed by atoms with E-state index in [1.54, 1.807) is 24.4 Å². The second-order valence-electron chi connectivity index (χ2n) is 7.75. The van der Waals surface area contributed by atoms with Crippen molar-refractivity contribution in [2.24, 2.45) is 5.73 Å². The Morgan fingerprint density at radius 3 is 2.59 bits per heavy atom. The second kappa shape index (κ2) is 10.2. The molecule has 2 aromatic heterocycles. The van der Waals surface area contributed by atoms with Crippen LogP contribution >= 0.6 is 0 Å². The first-order valence-corrected chi connectivity index (χ1v) is 10.9. The molecule has 1 fully saturated rings. The van der Waals surface area contributed by atoms with Gasteiger partial charge < -0.3 is 25.8 Å². The number of anilines is 2. The van der Waals surface area contributed by atoms with Crippen LogP contribution in [0.15, 0.2) is 59.7 Å². The van der Waals surface area contributed by atoms with Crippen molar-refractivity contribution in [2.75, 3.05) is 43.1 Å². The first kappa shape index (κ1) is 23.0. The predicted octanol–water partition coefficient (Wildman–Crippen LogP) is 1.52. The number of benzene rings is 1. The molecule has 1 amide bonds. The highest BCUT2D eigenvalue weighted by molar-refractivity contribution is 5.95. The normalized spacial score (nSPS) is 13.5. The molecule has 176 valence electrons. The SMILES string of the molecule is NC(=O)c1ccc(-n2ccc(NCCc3ccccn3)c(C(=O)O)c2=O)c(N2CCOCC2)c1. The maximum atomic E-state index is 13.3. The highest BCUT2D eigenvalue weighted by Crippen LogP contribution is 2.27. The molecule has 4 rings (SSSR count). The van der Waals surface area contributed by atoms with Crippen molar-refractivity contribution in [2.45, 2.75) is 6.42 Å². The fraction of sp³-hybridized carbons (Fsp3) is 0.250. The fourth-order valence-corrected chi connectivity index (χ4v) is 3.89. The predicted molar refractivity (Wildman–Crippen MR) is 127 cm³/mol. The van der Waals surface area contributed by atoms with Crippen molar-refractivity contribution < 1.29 is 19.4 Å². The summed E-state index contributed by atoms with van der Waals surface area (Å²) < 4.78 is 6.69. The molecule has 0 bridgehead atoms. The number of nitrogens with two attached hydrogens (primary N) is 1. The molecule has 1 aromatic carbocycles. The number of hydrogen-bond donors (Lipinski definition) is 3. The number of carboxylic acids is 1. The van der Waals surface area contributed by atoms with Crippen LogP contribution in [-0.4, -0.2) is 59.4 Å². The zero-order valence-corrected chi connectivity index (χ0v) is 18.4. The van der Waals surface area contributed by atoms with Gasteiger partial charge in [-0.05, 0) is 36.4 Å². The molecular formula is C24H25N5O5. The quantitative estimate of drug-likeness (QED) is 0.457. The molecule has 0 aliphatic carbocycles. The average Bonchev–Trinajstić information content (AvgIpc) is 2.85. The lowest BCUT2D eigenvalue weighted by molar-refractivity contribution is 0.0695. The third-order valence-corrected chi connectivity index (χ3v) is 5.60. The number of nitrogens with zero attached hydrogens (tertiary/aromatic N) is 3. The van der Waals surface area contributed by atoms with Gasteiger partial charge in [-0.25, -0.2) is 4.79 Å². The molecule has 4 N–H and O–H groups in total. The molecule has 3 heterocycles. The fourth-order valence-electron chi connectivity index (χ4n) is 3.89. The number of morpholine rings is 1. The zero-order valence-electron chi connectivity index (χ0n) is 18.4. The van der Waals surface area contributed by atoms with Crippen LogP contribution in [0.4, 0.5) is 11.4 Å². The number of hydrogen-bond acceptors (Lipinski definition) is 7. The molecule has 0 radical (unpaired) electrons. The molecule has 3 aromatic rings. The highest BCUT2D eigenvalue weighted by atomic mass is 16.5. The minimum Gasteiger partial charge on any atom is -0.477 e. The number of nitrogens with one attached hydrogen (secondary N) is 1. The Morgan fingerprint density at radius 2 is 1.91 bits per heavy atom. The monoisotopic (exact) mass is 463 g/mol. The van der Waals surface area contributed by atoms with Gasteiger partial charge in [-0.3, -0.25) is 19.1 Å². The molecule has 0 spiro atoms. The number of aromatic carboxylic acids is 1. The Morgan fingerprint density at radius 1 is 1.12 bits per heavy atom. The van der Waals surface area contributed by atoms with E-state index in [4.69, 9.17) is 10.5 Å². The summed E-state index contributed by atoms with van der Waals surface area (Å²) in [4.78, 5) is 43.3. The summed E-state index contributed by atoms with van der Waals surface area (Å²) in [7, 11) is 0. The maximum Gasteiger partial charge on any atom is 0.343 e. The van der Waals surface area contributed by atoms with E-state index in [-0.39, 0.29) is 11.3 Å². The van der Waals surface area contributed by atoms with E-state index >= 15 is 0 Å². The van der Waals surface area contributed by atoms with Crippen LogP contribution in [0, 0.1) is 0 Å². The second-order valence-corrected chi connectivity index (χ2v) is 7.75. The van der Waals surface area contributed by atoms with E-state index in [1.165, 1.54) is 16.8 Å². The molecule has 1 saturated heterocycles. The third kappa shape index (κ3) is 4.91. The number of carboxylic acid groups (broad SMARTS) is 1. The van der Waals surface area contributed by atoms with Gasteiger partial charge in [0.25, 0.3) is 5.56 Å². The summed E-state index contributed by atoms with van der Waals surface area (Å²) in [5.41, 5.74) is 6.85. The first-order valence-electron chi connectivity index (χ1n) is 10.9. The summed E-state index contributed by atoms with van der Waals surface area (Å²) in [6.45, 7) is 2.52. The lowest BCUT2D eigenvalue weighted by atomic mass is 10.1. The molecule has 10 nitrogen and oxygen atoms in total. The van der Waals surface area contributed by atoms with Gasteiger partial charge in [0, 0.05) is 49.7 Å². The van der Waals surface area contributed by atoms with Crippen LogP contribution in [0.25, 0.3) is 5.69 Å². The van der Waals surface area contributed by atoms with Crippen LogP contribution in [0.2, 0.25) is 0 Å². The maximum absolute atomic E-state index is 13.3. The van der Waals surface area contributed by atoms with E-state index in [0.717, 1.165) is 5.69 Å². The number of rotatable bonds is 8. The number of carbonyl (C=O) groups excluding carboxylic acids is 1. The molecule has 10 heteroatoms. The van der Waals surface area contributed by atoms with Gasteiger partial charge in [0.05, 0.1) is 30.3 Å². The average molecular weight is 463 g/mol. The Balaban J connectivity index is 1.70. The van der Waals surface area contributed by atoms with Gasteiger partial charge in [-0.1, -0.05) is 6.07 Å². The lowest BCUT2D eigenvalue weighted by Crippen LogP contribution is -2.37. The number of carbonyl (C=O) groups is 2. The van der Waals surface area contributed by atoms with E-state index in [9.17, 15) is 19.5 Å². The molecule has 34 heavy (non-hydrogen) atoms. The summed E-state index contributed by atoms with van der Waals surface area (Å²) in [5.74, 6) is -1.92. The number of primary amides is 1. The zero-order chi connectivity index (χ0) is 24.1. The van der Waals surface area contributed by atoms with Gasteiger partial charge in [0.15, 0.2) is 0 Å². The van der Waals surface area contributed by atoms with Crippen LogP contribution in [0.3, 0.4) is 0 Å². The van der Waals surface area contributed by atoms with Crippen molar-refractivity contribution >= 4 is 23.3 Å². The number of pyridine rings is 2. The molecule has 1 aliphatic rings. The number of aromatic nitrogens is 2. The van der Waals surface area contributed by atoms with Crippen molar-refractivity contribution in [1.29, 1.82) is 0 Å². The van der Waals surface area contributed by atoms with Gasteiger partial charge in [-0.15, -0.1) is 0 Å². The number of ether oxygens (including phenoxy) is 1. The van der Waals surface area contributed by atoms with Crippen molar-refractivity contribution in [1.82, 2.24) is 9.55 Å². The molecular weight excluding hydrogens is 438 g/mol. The summed E-state index contributed by atoms with van der Waals surface area (Å²) in [6, 6.07) is 11.9. The van der Waals surface area contributed by atoms with Crippen LogP contribution in [-0.2, 0) is 11.2 Å². The smallest absolute Gasteiger partial charge is 0.343 e. The standard InChI is InChI=1S/C24H25N5O5/c25-22(30)16-4-5-19(20(15-16)28-11-13-34-14-12-28)29-10-7-18(21(23(29)31)24(32)33)27-9-6-17-3-1-2-8-26-17/h1-5,7-8,10,15,27H,6,9,11-14H2,(H2,25,30)(H,32,33). The Labute approximate surface area is 195 Å². The molecule has 0 unspecified atom stereocenters. The van der Waals surface area contributed by atoms with E-state index in [1.807, 2.05) is 23.1 Å². The summed E-state index contributed by atoms with van der Waals surface area (Å²) >= 11 is 0. The van der Waals surface area contributed by atoms with Gasteiger partial charge in [0.2, 0.25) is 5.91 Å². The van der Waals surface area contributed by atoms with E-state index < -0.39 is 17.4 Å². The van der Waals surface area contributed by atoms with Gasteiger partial charge in [0.1, 0.15) is 5.56 Å².